The molecule has 5 aromatic rings. The van der Waals surface area contributed by atoms with Crippen LogP contribution in [0.25, 0.3) is 11.0 Å². The second-order valence-electron chi connectivity index (χ2n) is 10.1. The average Bonchev–Trinajstić information content (AvgIpc) is 3.43. The Morgan fingerprint density at radius 1 is 0.900 bits per heavy atom. The van der Waals surface area contributed by atoms with Crippen molar-refractivity contribution in [2.45, 2.75) is 11.6 Å². The molecule has 3 atom stereocenters. The quantitative estimate of drug-likeness (QED) is 0.130. The minimum atomic E-state index is -0.902. The van der Waals surface area contributed by atoms with Gasteiger partial charge in [0.25, 0.3) is 0 Å². The van der Waals surface area contributed by atoms with E-state index in [-0.39, 0.29) is 24.5 Å². The number of ether oxygens (including phenoxy) is 2. The maximum absolute atomic E-state index is 10.4. The predicted molar refractivity (Wildman–Crippen MR) is 156 cm³/mol. The summed E-state index contributed by atoms with van der Waals surface area (Å²) in [6, 6.07) is 30.3. The first kappa shape index (κ1) is 26.3. The zero-order valence-corrected chi connectivity index (χ0v) is 22.9. The Morgan fingerprint density at radius 2 is 1.52 bits per heavy atom. The van der Waals surface area contributed by atoms with E-state index in [1.165, 1.54) is 6.33 Å². The number of fused-ring (bicyclic) bond motifs is 1. The van der Waals surface area contributed by atoms with Gasteiger partial charge in [-0.3, -0.25) is 0 Å². The number of benzene rings is 3. The van der Waals surface area contributed by atoms with Crippen LogP contribution in [0.2, 0.25) is 5.15 Å². The van der Waals surface area contributed by atoms with Crippen molar-refractivity contribution in [1.82, 2.24) is 14.5 Å². The highest BCUT2D eigenvalue weighted by atomic mass is 35.5. The molecule has 0 saturated heterocycles. The van der Waals surface area contributed by atoms with E-state index in [1.54, 1.807) is 7.11 Å². The molecule has 0 radical (unpaired) electrons. The molecule has 0 unspecified atom stereocenters. The van der Waals surface area contributed by atoms with E-state index in [2.05, 4.69) is 57.5 Å². The van der Waals surface area contributed by atoms with Crippen molar-refractivity contribution in [3.05, 3.63) is 138 Å². The van der Waals surface area contributed by atoms with Gasteiger partial charge in [0.1, 0.15) is 28.5 Å². The number of halogens is 1. The van der Waals surface area contributed by atoms with Gasteiger partial charge in [-0.25, -0.2) is 9.97 Å². The summed E-state index contributed by atoms with van der Waals surface area (Å²) in [4.78, 5) is 8.62. The lowest BCUT2D eigenvalue weighted by Gasteiger charge is -2.48. The monoisotopic (exact) mass is 551 g/mol. The SMILES string of the molecule is C=C1[C@@H](n2ccc3c(Cl)ncnc32)[C@H](COC(c2ccccc2)(c2ccccc2)c2ccc(OC)cc2)[C@H]1CO. The summed E-state index contributed by atoms with van der Waals surface area (Å²) >= 11 is 6.35. The normalized spacial score (nSPS) is 19.0. The predicted octanol–water partition coefficient (Wildman–Crippen LogP) is 6.44. The molecule has 0 spiro atoms. The van der Waals surface area contributed by atoms with Gasteiger partial charge in [-0.05, 0) is 40.5 Å². The van der Waals surface area contributed by atoms with E-state index in [9.17, 15) is 5.11 Å². The van der Waals surface area contributed by atoms with Crippen molar-refractivity contribution in [2.75, 3.05) is 20.3 Å². The van der Waals surface area contributed by atoms with Crippen LogP contribution in [0.4, 0.5) is 0 Å². The molecule has 2 aromatic heterocycles. The van der Waals surface area contributed by atoms with Crippen LogP contribution in [0.15, 0.2) is 116 Å². The number of aliphatic hydroxyl groups is 1. The Morgan fingerprint density at radius 3 is 2.12 bits per heavy atom. The third-order valence-corrected chi connectivity index (χ3v) is 8.39. The highest BCUT2D eigenvalue weighted by Gasteiger charge is 2.48. The lowest BCUT2D eigenvalue weighted by atomic mass is 9.66. The molecule has 1 fully saturated rings. The van der Waals surface area contributed by atoms with Crippen LogP contribution in [-0.2, 0) is 10.3 Å². The van der Waals surface area contributed by atoms with E-state index < -0.39 is 5.60 Å². The van der Waals surface area contributed by atoms with Crippen molar-refractivity contribution in [2.24, 2.45) is 11.8 Å². The number of hydrogen-bond donors (Lipinski definition) is 1. The van der Waals surface area contributed by atoms with E-state index in [4.69, 9.17) is 21.1 Å². The van der Waals surface area contributed by atoms with Crippen LogP contribution in [-0.4, -0.2) is 40.0 Å². The average molecular weight is 552 g/mol. The van der Waals surface area contributed by atoms with E-state index in [1.807, 2.05) is 60.8 Å². The summed E-state index contributed by atoms with van der Waals surface area (Å²) < 4.78 is 14.7. The molecule has 40 heavy (non-hydrogen) atoms. The fourth-order valence-corrected chi connectivity index (χ4v) is 6.21. The van der Waals surface area contributed by atoms with Crippen LogP contribution in [0.1, 0.15) is 22.7 Å². The second kappa shape index (κ2) is 10.9. The third-order valence-electron chi connectivity index (χ3n) is 8.09. The van der Waals surface area contributed by atoms with Crippen LogP contribution in [0, 0.1) is 11.8 Å². The summed E-state index contributed by atoms with van der Waals surface area (Å²) in [5, 5.41) is 11.5. The second-order valence-corrected chi connectivity index (χ2v) is 10.4. The fourth-order valence-electron chi connectivity index (χ4n) is 6.02. The van der Waals surface area contributed by atoms with Gasteiger partial charge < -0.3 is 19.1 Å². The number of nitrogens with zero attached hydrogens (tertiary/aromatic N) is 3. The number of methoxy groups -OCH3 is 1. The van der Waals surface area contributed by atoms with Crippen molar-refractivity contribution in [1.29, 1.82) is 0 Å². The molecule has 0 bridgehead atoms. The number of hydrogen-bond acceptors (Lipinski definition) is 5. The zero-order chi connectivity index (χ0) is 27.7. The van der Waals surface area contributed by atoms with Crippen molar-refractivity contribution < 1.29 is 14.6 Å². The molecule has 3 aromatic carbocycles. The minimum absolute atomic E-state index is 0.00941. The third kappa shape index (κ3) is 4.29. The Labute approximate surface area is 238 Å². The lowest BCUT2D eigenvalue weighted by molar-refractivity contribution is -0.0501. The summed E-state index contributed by atoms with van der Waals surface area (Å²) in [7, 11) is 1.66. The Bertz CT molecular complexity index is 1580. The smallest absolute Gasteiger partial charge is 0.145 e. The molecule has 2 heterocycles. The molecule has 1 saturated carbocycles. The summed E-state index contributed by atoms with van der Waals surface area (Å²) in [6.45, 7) is 4.70. The number of aromatic nitrogens is 3. The molecule has 1 N–H and O–H groups in total. The highest BCUT2D eigenvalue weighted by Crippen LogP contribution is 2.51. The van der Waals surface area contributed by atoms with Crippen molar-refractivity contribution in [3.8, 4) is 5.75 Å². The molecule has 0 aliphatic heterocycles. The Hall–Kier alpha value is -3.97. The summed E-state index contributed by atoms with van der Waals surface area (Å²) in [5.74, 6) is 0.612. The first-order chi connectivity index (χ1) is 19.6. The molecule has 1 aliphatic rings. The fraction of sp³-hybridized carbons (Fsp3) is 0.212. The van der Waals surface area contributed by atoms with Crippen molar-refractivity contribution in [3.63, 3.8) is 0 Å². The van der Waals surface area contributed by atoms with Gasteiger partial charge in [-0.2, -0.15) is 0 Å². The largest absolute Gasteiger partial charge is 0.497 e. The first-order valence-electron chi connectivity index (χ1n) is 13.2. The van der Waals surface area contributed by atoms with Gasteiger partial charge in [-0.1, -0.05) is 91.0 Å². The lowest BCUT2D eigenvalue weighted by Crippen LogP contribution is -2.47. The van der Waals surface area contributed by atoms with Crippen LogP contribution >= 0.6 is 11.6 Å². The zero-order valence-electron chi connectivity index (χ0n) is 22.2. The Balaban J connectivity index is 1.44. The van der Waals surface area contributed by atoms with Crippen LogP contribution in [0.5, 0.6) is 5.75 Å². The van der Waals surface area contributed by atoms with E-state index in [0.717, 1.165) is 39.0 Å². The molecule has 0 amide bonds. The maximum atomic E-state index is 10.4. The molecule has 202 valence electrons. The van der Waals surface area contributed by atoms with E-state index >= 15 is 0 Å². The molecular formula is C33H30ClN3O3. The number of rotatable bonds is 9. The molecule has 6 rings (SSSR count). The first-order valence-corrected chi connectivity index (χ1v) is 13.6. The van der Waals surface area contributed by atoms with Gasteiger partial charge in [-0.15, -0.1) is 0 Å². The van der Waals surface area contributed by atoms with Gasteiger partial charge in [0.2, 0.25) is 0 Å². The molecular weight excluding hydrogens is 522 g/mol. The van der Waals surface area contributed by atoms with Gasteiger partial charge in [0, 0.05) is 18.0 Å². The van der Waals surface area contributed by atoms with Gasteiger partial charge in [0.15, 0.2) is 0 Å². The standard InChI is InChI=1S/C33H30ClN3O3/c1-22-28(19-38)29(30(22)37-18-17-27-31(34)35-21-36-32(27)37)20-40-33(23-9-5-3-6-10-23,24-11-7-4-8-12-24)25-13-15-26(39-2)16-14-25/h3-18,21,28-30,38H,1,19-20H2,2H3/t28-,29+,30+/m0/s1. The molecule has 7 heteroatoms. The van der Waals surface area contributed by atoms with Crippen LogP contribution < -0.4 is 4.74 Å². The highest BCUT2D eigenvalue weighted by molar-refractivity contribution is 6.33. The summed E-state index contributed by atoms with van der Waals surface area (Å²) in [5.41, 5.74) is 3.77. The Kier molecular flexibility index (Phi) is 7.15. The van der Waals surface area contributed by atoms with Gasteiger partial charge in [0.05, 0.1) is 31.8 Å². The van der Waals surface area contributed by atoms with Gasteiger partial charge >= 0.3 is 0 Å². The molecule has 1 aliphatic carbocycles. The minimum Gasteiger partial charge on any atom is -0.497 e. The summed E-state index contributed by atoms with van der Waals surface area (Å²) in [6.07, 6.45) is 3.43. The molecule has 6 nitrogen and oxygen atoms in total. The van der Waals surface area contributed by atoms with Crippen molar-refractivity contribution >= 4 is 22.6 Å². The number of aliphatic hydroxyl groups excluding tert-OH is 1. The van der Waals surface area contributed by atoms with Crippen LogP contribution in [0.3, 0.4) is 0 Å². The van der Waals surface area contributed by atoms with E-state index in [0.29, 0.717) is 11.8 Å². The topological polar surface area (TPSA) is 69.4 Å². The maximum Gasteiger partial charge on any atom is 0.145 e.